The summed E-state index contributed by atoms with van der Waals surface area (Å²) in [6.07, 6.45) is 0.641. The van der Waals surface area contributed by atoms with E-state index >= 15 is 0 Å². The van der Waals surface area contributed by atoms with Crippen molar-refractivity contribution in [2.24, 2.45) is 0 Å². The molecule has 0 saturated carbocycles. The number of aliphatic hydroxyl groups excluding tert-OH is 1. The second kappa shape index (κ2) is 8.03. The summed E-state index contributed by atoms with van der Waals surface area (Å²) in [5, 5.41) is 15.2. The van der Waals surface area contributed by atoms with Crippen LogP contribution in [-0.4, -0.2) is 33.6 Å². The Balaban J connectivity index is 1.90. The molecule has 3 rings (SSSR count). The van der Waals surface area contributed by atoms with Gasteiger partial charge in [0.25, 0.3) is 5.91 Å². The van der Waals surface area contributed by atoms with Crippen LogP contribution in [0.25, 0.3) is 21.1 Å². The third kappa shape index (κ3) is 3.98. The molecule has 1 amide bonds. The number of nitrogens with one attached hydrogen (secondary N) is 1. The molecule has 5 nitrogen and oxygen atoms in total. The Morgan fingerprint density at radius 2 is 2.04 bits per heavy atom. The van der Waals surface area contributed by atoms with Crippen molar-refractivity contribution in [1.82, 2.24) is 15.3 Å². The topological polar surface area (TPSA) is 75.1 Å². The number of aliphatic hydroxyl groups is 1. The molecular weight excluding hydrogens is 373 g/mol. The molecule has 3 aromatic rings. The summed E-state index contributed by atoms with van der Waals surface area (Å²) in [4.78, 5) is 22.1. The SMILES string of the molecule is CCC(CO)NC(=O)c1csc(-c2sc(C)nc2-c2ccc(F)cc2)n1. The highest BCUT2D eigenvalue weighted by atomic mass is 32.1. The Morgan fingerprint density at radius 3 is 2.69 bits per heavy atom. The Kier molecular flexibility index (Phi) is 5.75. The molecular formula is C18H18FN3O2S2. The number of thiazole rings is 2. The molecule has 0 aliphatic carbocycles. The summed E-state index contributed by atoms with van der Waals surface area (Å²) in [5.74, 6) is -0.609. The first kappa shape index (κ1) is 18.6. The number of benzene rings is 1. The van der Waals surface area contributed by atoms with Crippen molar-refractivity contribution in [3.63, 3.8) is 0 Å². The van der Waals surface area contributed by atoms with Gasteiger partial charge in [0, 0.05) is 10.9 Å². The molecule has 26 heavy (non-hydrogen) atoms. The highest BCUT2D eigenvalue weighted by Gasteiger charge is 2.19. The number of carbonyl (C=O) groups excluding carboxylic acids is 1. The number of hydrogen-bond donors (Lipinski definition) is 2. The maximum absolute atomic E-state index is 13.2. The van der Waals surface area contributed by atoms with Crippen LogP contribution in [0.15, 0.2) is 29.6 Å². The van der Waals surface area contributed by atoms with Crippen LogP contribution in [0.4, 0.5) is 4.39 Å². The predicted octanol–water partition coefficient (Wildman–Crippen LogP) is 3.88. The van der Waals surface area contributed by atoms with E-state index in [0.717, 1.165) is 21.1 Å². The van der Waals surface area contributed by atoms with Crippen LogP contribution in [0.1, 0.15) is 28.8 Å². The van der Waals surface area contributed by atoms with Crippen molar-refractivity contribution >= 4 is 28.6 Å². The van der Waals surface area contributed by atoms with Crippen LogP contribution in [0.2, 0.25) is 0 Å². The fourth-order valence-electron chi connectivity index (χ4n) is 2.39. The molecule has 0 aliphatic heterocycles. The lowest BCUT2D eigenvalue weighted by Crippen LogP contribution is -2.37. The van der Waals surface area contributed by atoms with E-state index in [1.165, 1.54) is 34.8 Å². The third-order valence-electron chi connectivity index (χ3n) is 3.83. The minimum absolute atomic E-state index is 0.109. The first-order chi connectivity index (χ1) is 12.5. The van der Waals surface area contributed by atoms with Gasteiger partial charge < -0.3 is 10.4 Å². The Bertz CT molecular complexity index is 902. The van der Waals surface area contributed by atoms with E-state index < -0.39 is 0 Å². The van der Waals surface area contributed by atoms with Gasteiger partial charge in [0.15, 0.2) is 0 Å². The lowest BCUT2D eigenvalue weighted by Gasteiger charge is -2.12. The number of carbonyl (C=O) groups is 1. The Hall–Kier alpha value is -2.16. The molecule has 1 unspecified atom stereocenters. The molecule has 1 aromatic carbocycles. The lowest BCUT2D eigenvalue weighted by atomic mass is 10.1. The quantitative estimate of drug-likeness (QED) is 0.669. The molecule has 1 atom stereocenters. The van der Waals surface area contributed by atoms with E-state index in [2.05, 4.69) is 15.3 Å². The zero-order valence-electron chi connectivity index (χ0n) is 14.3. The molecule has 2 aromatic heterocycles. The van der Waals surface area contributed by atoms with E-state index in [4.69, 9.17) is 0 Å². The van der Waals surface area contributed by atoms with Crippen LogP contribution >= 0.6 is 22.7 Å². The van der Waals surface area contributed by atoms with Crippen molar-refractivity contribution in [2.45, 2.75) is 26.3 Å². The maximum Gasteiger partial charge on any atom is 0.271 e. The van der Waals surface area contributed by atoms with Crippen LogP contribution in [-0.2, 0) is 0 Å². The van der Waals surface area contributed by atoms with Crippen LogP contribution in [0.5, 0.6) is 0 Å². The summed E-state index contributed by atoms with van der Waals surface area (Å²) < 4.78 is 13.2. The maximum atomic E-state index is 13.2. The molecule has 0 spiro atoms. The standard InChI is InChI=1S/C18H18FN3O2S2/c1-3-13(8-23)21-17(24)14-9-25-18(22-14)16-15(20-10(2)26-16)11-4-6-12(19)7-5-11/h4-7,9,13,23H,3,8H2,1-2H3,(H,21,24). The number of aryl methyl sites for hydroxylation is 1. The van der Waals surface area contributed by atoms with Gasteiger partial charge in [-0.25, -0.2) is 14.4 Å². The lowest BCUT2D eigenvalue weighted by molar-refractivity contribution is 0.0910. The van der Waals surface area contributed by atoms with Gasteiger partial charge in [-0.3, -0.25) is 4.79 Å². The average molecular weight is 391 g/mol. The molecule has 0 saturated heterocycles. The summed E-state index contributed by atoms with van der Waals surface area (Å²) in [6.45, 7) is 3.68. The molecule has 2 heterocycles. The third-order valence-corrected chi connectivity index (χ3v) is 5.80. The van der Waals surface area contributed by atoms with Gasteiger partial charge >= 0.3 is 0 Å². The second-order valence-electron chi connectivity index (χ2n) is 5.72. The number of rotatable bonds is 6. The molecule has 0 aliphatic rings. The number of amides is 1. The molecule has 8 heteroatoms. The van der Waals surface area contributed by atoms with Crippen LogP contribution in [0, 0.1) is 12.7 Å². The highest BCUT2D eigenvalue weighted by molar-refractivity contribution is 7.21. The van der Waals surface area contributed by atoms with Gasteiger partial charge in [-0.1, -0.05) is 6.92 Å². The summed E-state index contributed by atoms with van der Waals surface area (Å²) in [5.41, 5.74) is 1.85. The zero-order valence-corrected chi connectivity index (χ0v) is 16.0. The molecule has 136 valence electrons. The van der Waals surface area contributed by atoms with Crippen molar-refractivity contribution in [1.29, 1.82) is 0 Å². The number of hydrogen-bond acceptors (Lipinski definition) is 6. The molecule has 0 fully saturated rings. The smallest absolute Gasteiger partial charge is 0.271 e. The van der Waals surface area contributed by atoms with E-state index in [-0.39, 0.29) is 24.4 Å². The Morgan fingerprint density at radius 1 is 1.31 bits per heavy atom. The minimum Gasteiger partial charge on any atom is -0.394 e. The van der Waals surface area contributed by atoms with Crippen molar-refractivity contribution in [3.05, 3.63) is 46.2 Å². The van der Waals surface area contributed by atoms with Crippen molar-refractivity contribution < 1.29 is 14.3 Å². The fourth-order valence-corrected chi connectivity index (χ4v) is 4.23. The van der Waals surface area contributed by atoms with E-state index in [0.29, 0.717) is 17.1 Å². The number of nitrogens with zero attached hydrogens (tertiary/aromatic N) is 2. The van der Waals surface area contributed by atoms with Crippen molar-refractivity contribution in [3.8, 4) is 21.1 Å². The first-order valence-corrected chi connectivity index (χ1v) is 9.82. The second-order valence-corrected chi connectivity index (χ2v) is 7.78. The van der Waals surface area contributed by atoms with E-state index in [1.807, 2.05) is 13.8 Å². The molecule has 2 N–H and O–H groups in total. The van der Waals surface area contributed by atoms with E-state index in [1.54, 1.807) is 17.5 Å². The van der Waals surface area contributed by atoms with Gasteiger partial charge in [0.2, 0.25) is 0 Å². The summed E-state index contributed by atoms with van der Waals surface area (Å²) in [6, 6.07) is 5.87. The van der Waals surface area contributed by atoms with Gasteiger partial charge in [-0.15, -0.1) is 22.7 Å². The monoisotopic (exact) mass is 391 g/mol. The highest BCUT2D eigenvalue weighted by Crippen LogP contribution is 2.38. The van der Waals surface area contributed by atoms with Gasteiger partial charge in [0.1, 0.15) is 16.5 Å². The fraction of sp³-hybridized carbons (Fsp3) is 0.278. The first-order valence-electron chi connectivity index (χ1n) is 8.12. The summed E-state index contributed by atoms with van der Waals surface area (Å²) >= 11 is 2.85. The number of aromatic nitrogens is 2. The predicted molar refractivity (Wildman–Crippen MR) is 102 cm³/mol. The van der Waals surface area contributed by atoms with Crippen LogP contribution in [0.3, 0.4) is 0 Å². The number of halogens is 1. The average Bonchev–Trinajstić information content (AvgIpc) is 3.27. The molecule has 0 bridgehead atoms. The van der Waals surface area contributed by atoms with E-state index in [9.17, 15) is 14.3 Å². The Labute approximate surface area is 158 Å². The van der Waals surface area contributed by atoms with Gasteiger partial charge in [0.05, 0.1) is 28.2 Å². The van der Waals surface area contributed by atoms with Gasteiger partial charge in [-0.05, 0) is 37.6 Å². The van der Waals surface area contributed by atoms with Gasteiger partial charge in [-0.2, -0.15) is 0 Å². The minimum atomic E-state index is -0.307. The summed E-state index contributed by atoms with van der Waals surface area (Å²) in [7, 11) is 0. The van der Waals surface area contributed by atoms with Crippen molar-refractivity contribution in [2.75, 3.05) is 6.61 Å². The zero-order chi connectivity index (χ0) is 18.7. The normalized spacial score (nSPS) is 12.2. The largest absolute Gasteiger partial charge is 0.394 e. The van der Waals surface area contributed by atoms with Crippen LogP contribution < -0.4 is 5.32 Å². The molecule has 0 radical (unpaired) electrons.